The summed E-state index contributed by atoms with van der Waals surface area (Å²) in [6.45, 7) is -0.445. The lowest BCUT2D eigenvalue weighted by Crippen LogP contribution is -2.32. The van der Waals surface area contributed by atoms with Crippen molar-refractivity contribution < 1.29 is 34.1 Å². The molecule has 1 atom stereocenters. The number of hydrogen-bond acceptors (Lipinski definition) is 7. The molecule has 2 aromatic rings. The molecule has 0 radical (unpaired) electrons. The number of carbonyl (C=O) groups excluding carboxylic acids is 3. The summed E-state index contributed by atoms with van der Waals surface area (Å²) >= 11 is 0. The van der Waals surface area contributed by atoms with Gasteiger partial charge in [-0.3, -0.25) is 9.59 Å². The van der Waals surface area contributed by atoms with Crippen LogP contribution in [0.1, 0.15) is 27.5 Å². The third-order valence-corrected chi connectivity index (χ3v) is 4.89. The Labute approximate surface area is 173 Å². The van der Waals surface area contributed by atoms with Gasteiger partial charge in [-0.25, -0.2) is 4.79 Å². The van der Waals surface area contributed by atoms with Crippen LogP contribution in [0.15, 0.2) is 54.1 Å². The Morgan fingerprint density at radius 1 is 1.00 bits per heavy atom. The highest BCUT2D eigenvalue weighted by molar-refractivity contribution is 6.46. The quantitative estimate of drug-likeness (QED) is 0.323. The Morgan fingerprint density at radius 3 is 2.13 bits per heavy atom. The average Bonchev–Trinajstić information content (AvgIpc) is 3.03. The molecule has 1 aliphatic heterocycles. The number of rotatable bonds is 6. The maximum Gasteiger partial charge on any atom is 0.337 e. The van der Waals surface area contributed by atoms with E-state index in [1.165, 1.54) is 31.3 Å². The van der Waals surface area contributed by atoms with Gasteiger partial charge >= 0.3 is 5.97 Å². The summed E-state index contributed by atoms with van der Waals surface area (Å²) in [5, 5.41) is 20.3. The number of amides is 1. The number of nitrogens with zero attached hydrogens (tertiary/aromatic N) is 1. The number of ketones is 1. The van der Waals surface area contributed by atoms with Gasteiger partial charge in [-0.2, -0.15) is 0 Å². The third-order valence-electron chi connectivity index (χ3n) is 4.89. The molecule has 0 aromatic heterocycles. The molecule has 1 saturated heterocycles. The number of ether oxygens (including phenoxy) is 2. The summed E-state index contributed by atoms with van der Waals surface area (Å²) in [4.78, 5) is 38.2. The van der Waals surface area contributed by atoms with Crippen molar-refractivity contribution in [2.75, 3.05) is 27.4 Å². The largest absolute Gasteiger partial charge is 0.507 e. The highest BCUT2D eigenvalue weighted by Gasteiger charge is 2.45. The van der Waals surface area contributed by atoms with Crippen LogP contribution in [0, 0.1) is 0 Å². The Morgan fingerprint density at radius 2 is 1.60 bits per heavy atom. The molecule has 8 heteroatoms. The predicted molar refractivity (Wildman–Crippen MR) is 107 cm³/mol. The summed E-state index contributed by atoms with van der Waals surface area (Å²) < 4.78 is 9.78. The number of esters is 1. The van der Waals surface area contributed by atoms with E-state index in [-0.39, 0.29) is 24.5 Å². The Balaban J connectivity index is 2.11. The Bertz CT molecular complexity index is 993. The number of aliphatic hydroxyl groups is 2. The molecule has 2 N–H and O–H groups in total. The second-order valence-corrected chi connectivity index (χ2v) is 6.56. The zero-order chi connectivity index (χ0) is 21.8. The minimum absolute atomic E-state index is 0.0899. The van der Waals surface area contributed by atoms with Gasteiger partial charge in [0.15, 0.2) is 0 Å². The first-order valence-electron chi connectivity index (χ1n) is 9.15. The molecule has 8 nitrogen and oxygen atoms in total. The molecule has 156 valence electrons. The van der Waals surface area contributed by atoms with Crippen molar-refractivity contribution in [3.8, 4) is 5.75 Å². The average molecular weight is 411 g/mol. The van der Waals surface area contributed by atoms with Crippen molar-refractivity contribution >= 4 is 23.4 Å². The molecular formula is C22H21NO7. The summed E-state index contributed by atoms with van der Waals surface area (Å²) in [5.41, 5.74) is 1.05. The highest BCUT2D eigenvalue weighted by atomic mass is 16.5. The highest BCUT2D eigenvalue weighted by Crippen LogP contribution is 2.39. The fourth-order valence-electron chi connectivity index (χ4n) is 3.39. The first kappa shape index (κ1) is 21.1. The second kappa shape index (κ2) is 8.79. The van der Waals surface area contributed by atoms with E-state index in [9.17, 15) is 24.6 Å². The predicted octanol–water partition coefficient (Wildman–Crippen LogP) is 1.90. The lowest BCUT2D eigenvalue weighted by atomic mass is 9.94. The number of carbonyl (C=O) groups is 3. The van der Waals surface area contributed by atoms with Gasteiger partial charge in [-0.15, -0.1) is 0 Å². The van der Waals surface area contributed by atoms with Crippen molar-refractivity contribution in [3.63, 3.8) is 0 Å². The molecule has 0 spiro atoms. The lowest BCUT2D eigenvalue weighted by Gasteiger charge is -2.24. The van der Waals surface area contributed by atoms with E-state index in [0.29, 0.717) is 22.4 Å². The van der Waals surface area contributed by atoms with Crippen LogP contribution >= 0.6 is 0 Å². The molecule has 2 aromatic carbocycles. The van der Waals surface area contributed by atoms with Gasteiger partial charge in [0.05, 0.1) is 38.0 Å². The molecule has 1 amide bonds. The number of benzene rings is 2. The minimum atomic E-state index is -0.911. The first-order chi connectivity index (χ1) is 14.4. The van der Waals surface area contributed by atoms with Crippen LogP contribution in [0.4, 0.5) is 0 Å². The van der Waals surface area contributed by atoms with E-state index in [1.54, 1.807) is 36.4 Å². The molecule has 0 saturated carbocycles. The van der Waals surface area contributed by atoms with Gasteiger partial charge in [-0.1, -0.05) is 12.1 Å². The van der Waals surface area contributed by atoms with E-state index < -0.39 is 23.7 Å². The van der Waals surface area contributed by atoms with Crippen LogP contribution in [-0.4, -0.2) is 60.1 Å². The number of β-amino-alcohol motifs (C(OH)–C–C–N with tert-alkyl or cyclic N) is 1. The molecule has 0 aliphatic carbocycles. The van der Waals surface area contributed by atoms with Gasteiger partial charge in [0, 0.05) is 12.1 Å². The van der Waals surface area contributed by atoms with Crippen LogP contribution in [0.2, 0.25) is 0 Å². The Kier molecular flexibility index (Phi) is 6.17. The topological polar surface area (TPSA) is 113 Å². The summed E-state index contributed by atoms with van der Waals surface area (Å²) in [7, 11) is 2.77. The fourth-order valence-corrected chi connectivity index (χ4v) is 3.39. The Hall–Kier alpha value is -3.65. The molecular weight excluding hydrogens is 390 g/mol. The number of methoxy groups -OCH3 is 2. The number of aliphatic hydroxyl groups excluding tert-OH is 2. The first-order valence-corrected chi connectivity index (χ1v) is 9.15. The van der Waals surface area contributed by atoms with Crippen molar-refractivity contribution in [2.24, 2.45) is 0 Å². The van der Waals surface area contributed by atoms with Gasteiger partial charge in [0.2, 0.25) is 0 Å². The summed E-state index contributed by atoms with van der Waals surface area (Å²) in [6, 6.07) is 11.7. The van der Waals surface area contributed by atoms with Crippen LogP contribution in [0.3, 0.4) is 0 Å². The summed E-state index contributed by atoms with van der Waals surface area (Å²) in [6.07, 6.45) is 0. The third kappa shape index (κ3) is 3.77. The van der Waals surface area contributed by atoms with Gasteiger partial charge < -0.3 is 24.6 Å². The van der Waals surface area contributed by atoms with Crippen molar-refractivity contribution in [3.05, 3.63) is 70.8 Å². The van der Waals surface area contributed by atoms with E-state index >= 15 is 0 Å². The number of likely N-dealkylation sites (tertiary alicyclic amines) is 1. The smallest absolute Gasteiger partial charge is 0.337 e. The molecule has 0 bridgehead atoms. The van der Waals surface area contributed by atoms with E-state index in [0.717, 1.165) is 0 Å². The SMILES string of the molecule is COC(=O)c1ccc([C@@H]2C(=C(O)c3ccc(OC)cc3)C(=O)C(=O)N2CCO)cc1. The van der Waals surface area contributed by atoms with E-state index in [2.05, 4.69) is 4.74 Å². The van der Waals surface area contributed by atoms with Crippen molar-refractivity contribution in [1.82, 2.24) is 4.90 Å². The van der Waals surface area contributed by atoms with Crippen LogP contribution in [-0.2, 0) is 14.3 Å². The zero-order valence-electron chi connectivity index (χ0n) is 16.5. The lowest BCUT2D eigenvalue weighted by molar-refractivity contribution is -0.140. The normalized spacial score (nSPS) is 17.8. The van der Waals surface area contributed by atoms with Crippen LogP contribution in [0.25, 0.3) is 5.76 Å². The maximum atomic E-state index is 12.7. The second-order valence-electron chi connectivity index (χ2n) is 6.56. The van der Waals surface area contributed by atoms with E-state index in [4.69, 9.17) is 4.74 Å². The standard InChI is InChI=1S/C22H21NO7/c1-29-16-9-7-14(8-10-16)19(25)17-18(23(11-12-24)21(27)20(17)26)13-3-5-15(6-4-13)22(28)30-2/h3-10,18,24-25H,11-12H2,1-2H3/t18-/m1/s1. The number of Topliss-reactive ketones (excluding diaryl/α,β-unsaturated/α-hetero) is 1. The minimum Gasteiger partial charge on any atom is -0.507 e. The fraction of sp³-hybridized carbons (Fsp3) is 0.227. The summed E-state index contributed by atoms with van der Waals surface area (Å²) in [5.74, 6) is -1.95. The molecule has 1 heterocycles. The van der Waals surface area contributed by atoms with E-state index in [1.807, 2.05) is 0 Å². The van der Waals surface area contributed by atoms with Gasteiger partial charge in [0.25, 0.3) is 11.7 Å². The zero-order valence-corrected chi connectivity index (χ0v) is 16.5. The van der Waals surface area contributed by atoms with Crippen LogP contribution in [0.5, 0.6) is 5.75 Å². The molecule has 0 unspecified atom stereocenters. The van der Waals surface area contributed by atoms with Crippen LogP contribution < -0.4 is 4.74 Å². The monoisotopic (exact) mass is 411 g/mol. The molecule has 30 heavy (non-hydrogen) atoms. The molecule has 3 rings (SSSR count). The molecule has 1 fully saturated rings. The van der Waals surface area contributed by atoms with Gasteiger partial charge in [0.1, 0.15) is 11.5 Å². The van der Waals surface area contributed by atoms with Crippen molar-refractivity contribution in [2.45, 2.75) is 6.04 Å². The van der Waals surface area contributed by atoms with Gasteiger partial charge in [-0.05, 0) is 42.0 Å². The number of hydrogen-bond donors (Lipinski definition) is 2. The van der Waals surface area contributed by atoms with Crippen molar-refractivity contribution in [1.29, 1.82) is 0 Å². The maximum absolute atomic E-state index is 12.7. The molecule has 1 aliphatic rings.